The summed E-state index contributed by atoms with van der Waals surface area (Å²) in [6.07, 6.45) is 3.55. The third kappa shape index (κ3) is 4.25. The number of rotatable bonds is 4. The summed E-state index contributed by atoms with van der Waals surface area (Å²) in [5.41, 5.74) is 2.26. The van der Waals surface area contributed by atoms with Gasteiger partial charge in [-0.1, -0.05) is 11.3 Å². The van der Waals surface area contributed by atoms with Crippen LogP contribution in [0, 0.1) is 5.82 Å². The zero-order chi connectivity index (χ0) is 18.7. The molecule has 1 aromatic heterocycles. The first-order valence-corrected chi connectivity index (χ1v) is 10.0. The number of aromatic nitrogens is 3. The number of methoxy groups -OCH3 is 1. The minimum atomic E-state index is -3.04. The predicted molar refractivity (Wildman–Crippen MR) is 99.0 cm³/mol. The molecular formula is C16H17FN4O3S2. The molecule has 3 rings (SSSR count). The topological polar surface area (TPSA) is 86.1 Å². The molecule has 0 unspecified atom stereocenters. The lowest BCUT2D eigenvalue weighted by Crippen LogP contribution is -2.22. The van der Waals surface area contributed by atoms with E-state index in [0.717, 1.165) is 0 Å². The Labute approximate surface area is 155 Å². The molecule has 0 aliphatic carbocycles. The Morgan fingerprint density at radius 1 is 1.46 bits per heavy atom. The standard InChI is InChI=1S/C16H17FN4O3S2/c1-24-16(25)18-9-12-10-21(20-19-12)13-2-3-14(15(17)8-13)11-4-6-26(22,23)7-5-11/h2-4,8,10H,5-7,9H2,1H3,(H,18,25). The Balaban J connectivity index is 1.77. The number of benzene rings is 1. The van der Waals surface area contributed by atoms with Crippen molar-refractivity contribution in [2.75, 3.05) is 18.6 Å². The maximum atomic E-state index is 14.5. The second-order valence-corrected chi connectivity index (χ2v) is 8.36. The van der Waals surface area contributed by atoms with Gasteiger partial charge in [0.1, 0.15) is 11.5 Å². The summed E-state index contributed by atoms with van der Waals surface area (Å²) in [4.78, 5) is 0. The summed E-state index contributed by atoms with van der Waals surface area (Å²) in [6.45, 7) is 0.342. The number of sulfone groups is 1. The van der Waals surface area contributed by atoms with Crippen molar-refractivity contribution in [3.63, 3.8) is 0 Å². The first kappa shape index (κ1) is 18.5. The highest BCUT2D eigenvalue weighted by Crippen LogP contribution is 2.27. The van der Waals surface area contributed by atoms with Gasteiger partial charge in [-0.25, -0.2) is 17.5 Å². The second-order valence-electron chi connectivity index (χ2n) is 5.76. The fourth-order valence-electron chi connectivity index (χ4n) is 2.57. The fourth-order valence-corrected chi connectivity index (χ4v) is 3.80. The highest BCUT2D eigenvalue weighted by Gasteiger charge is 2.19. The number of hydrogen-bond acceptors (Lipinski definition) is 6. The molecule has 2 aromatic rings. The van der Waals surface area contributed by atoms with E-state index in [2.05, 4.69) is 15.6 Å². The van der Waals surface area contributed by atoms with E-state index in [1.807, 2.05) is 0 Å². The van der Waals surface area contributed by atoms with Gasteiger partial charge in [0.05, 0.1) is 37.0 Å². The molecule has 0 saturated heterocycles. The summed E-state index contributed by atoms with van der Waals surface area (Å²) < 4.78 is 43.8. The van der Waals surface area contributed by atoms with E-state index in [0.29, 0.717) is 35.5 Å². The van der Waals surface area contributed by atoms with Gasteiger partial charge in [0.15, 0.2) is 9.84 Å². The molecule has 1 aromatic carbocycles. The second kappa shape index (κ2) is 7.50. The van der Waals surface area contributed by atoms with Crippen LogP contribution in [0.5, 0.6) is 0 Å². The Hall–Kier alpha value is -2.33. The fraction of sp³-hybridized carbons (Fsp3) is 0.312. The zero-order valence-electron chi connectivity index (χ0n) is 14.0. The van der Waals surface area contributed by atoms with Gasteiger partial charge in [-0.2, -0.15) is 0 Å². The summed E-state index contributed by atoms with van der Waals surface area (Å²) in [5, 5.41) is 11.1. The summed E-state index contributed by atoms with van der Waals surface area (Å²) in [7, 11) is -1.58. The van der Waals surface area contributed by atoms with E-state index in [9.17, 15) is 12.8 Å². The highest BCUT2D eigenvalue weighted by molar-refractivity contribution is 7.91. The van der Waals surface area contributed by atoms with Crippen molar-refractivity contribution < 1.29 is 17.5 Å². The molecule has 138 valence electrons. The number of ether oxygens (including phenoxy) is 1. The number of nitrogens with one attached hydrogen (secondary N) is 1. The van der Waals surface area contributed by atoms with Crippen molar-refractivity contribution >= 4 is 32.8 Å². The number of hydrogen-bond donors (Lipinski definition) is 1. The van der Waals surface area contributed by atoms with Gasteiger partial charge in [0.2, 0.25) is 0 Å². The monoisotopic (exact) mass is 396 g/mol. The molecule has 0 spiro atoms. The van der Waals surface area contributed by atoms with Crippen LogP contribution in [0.15, 0.2) is 30.5 Å². The van der Waals surface area contributed by atoms with Crippen molar-refractivity contribution in [2.24, 2.45) is 0 Å². The van der Waals surface area contributed by atoms with Gasteiger partial charge in [-0.05, 0) is 36.3 Å². The third-order valence-electron chi connectivity index (χ3n) is 3.97. The highest BCUT2D eigenvalue weighted by atomic mass is 32.2. The van der Waals surface area contributed by atoms with E-state index in [-0.39, 0.29) is 16.7 Å². The molecule has 0 amide bonds. The van der Waals surface area contributed by atoms with Gasteiger partial charge in [-0.3, -0.25) is 0 Å². The molecule has 1 aliphatic rings. The number of nitrogens with zero attached hydrogens (tertiary/aromatic N) is 3. The molecular weight excluding hydrogens is 379 g/mol. The predicted octanol–water partition coefficient (Wildman–Crippen LogP) is 1.63. The van der Waals surface area contributed by atoms with Gasteiger partial charge in [-0.15, -0.1) is 5.10 Å². The summed E-state index contributed by atoms with van der Waals surface area (Å²) in [5.74, 6) is -0.432. The molecule has 0 fully saturated rings. The van der Waals surface area contributed by atoms with E-state index in [4.69, 9.17) is 17.0 Å². The van der Waals surface area contributed by atoms with Gasteiger partial charge in [0, 0.05) is 11.6 Å². The number of allylic oxidation sites excluding steroid dienone is 1. The Bertz CT molecular complexity index is 970. The maximum Gasteiger partial charge on any atom is 0.256 e. The lowest BCUT2D eigenvalue weighted by Gasteiger charge is -2.15. The molecule has 1 aliphatic heterocycles. The van der Waals surface area contributed by atoms with Crippen molar-refractivity contribution in [2.45, 2.75) is 13.0 Å². The molecule has 7 nitrogen and oxygen atoms in total. The van der Waals surface area contributed by atoms with Crippen molar-refractivity contribution in [3.05, 3.63) is 47.5 Å². The van der Waals surface area contributed by atoms with Crippen LogP contribution in [-0.4, -0.2) is 47.2 Å². The van der Waals surface area contributed by atoms with Crippen LogP contribution < -0.4 is 5.32 Å². The molecule has 0 radical (unpaired) electrons. The Kier molecular flexibility index (Phi) is 5.33. The zero-order valence-corrected chi connectivity index (χ0v) is 15.6. The normalized spacial score (nSPS) is 16.0. The van der Waals surface area contributed by atoms with Crippen LogP contribution in [0.2, 0.25) is 0 Å². The van der Waals surface area contributed by atoms with Gasteiger partial charge < -0.3 is 10.1 Å². The van der Waals surface area contributed by atoms with E-state index in [1.165, 1.54) is 17.9 Å². The quantitative estimate of drug-likeness (QED) is 0.786. The lowest BCUT2D eigenvalue weighted by atomic mass is 10.0. The maximum absolute atomic E-state index is 14.5. The molecule has 0 atom stereocenters. The summed E-state index contributed by atoms with van der Waals surface area (Å²) >= 11 is 4.88. The molecule has 2 heterocycles. The van der Waals surface area contributed by atoms with E-state index >= 15 is 0 Å². The molecule has 1 N–H and O–H groups in total. The van der Waals surface area contributed by atoms with Gasteiger partial charge in [0.25, 0.3) is 5.17 Å². The van der Waals surface area contributed by atoms with Crippen molar-refractivity contribution in [1.29, 1.82) is 0 Å². The minimum Gasteiger partial charge on any atom is -0.474 e. The Morgan fingerprint density at radius 2 is 2.27 bits per heavy atom. The minimum absolute atomic E-state index is 0.0444. The van der Waals surface area contributed by atoms with Crippen molar-refractivity contribution in [1.82, 2.24) is 20.3 Å². The van der Waals surface area contributed by atoms with Crippen LogP contribution in [0.25, 0.3) is 11.3 Å². The van der Waals surface area contributed by atoms with Crippen LogP contribution in [-0.2, 0) is 21.1 Å². The Morgan fingerprint density at radius 3 is 2.92 bits per heavy atom. The molecule has 10 heteroatoms. The smallest absolute Gasteiger partial charge is 0.256 e. The van der Waals surface area contributed by atoms with Crippen molar-refractivity contribution in [3.8, 4) is 5.69 Å². The first-order chi connectivity index (χ1) is 12.4. The average molecular weight is 396 g/mol. The van der Waals surface area contributed by atoms with Gasteiger partial charge >= 0.3 is 0 Å². The van der Waals surface area contributed by atoms with Crippen LogP contribution in [0.1, 0.15) is 17.7 Å². The molecule has 26 heavy (non-hydrogen) atoms. The average Bonchev–Trinajstić information content (AvgIpc) is 3.09. The van der Waals surface area contributed by atoms with Crippen LogP contribution in [0.4, 0.5) is 4.39 Å². The van der Waals surface area contributed by atoms with E-state index < -0.39 is 15.7 Å². The number of thiocarbonyl (C=S) groups is 1. The number of halogens is 1. The largest absolute Gasteiger partial charge is 0.474 e. The molecule has 0 bridgehead atoms. The van der Waals surface area contributed by atoms with E-state index in [1.54, 1.807) is 24.4 Å². The SMILES string of the molecule is COC(=S)NCc1cn(-c2ccc(C3=CCS(=O)(=O)CC3)c(F)c2)nn1. The van der Waals surface area contributed by atoms with Crippen LogP contribution in [0.3, 0.4) is 0 Å². The lowest BCUT2D eigenvalue weighted by molar-refractivity contribution is 0.392. The summed E-state index contributed by atoms with van der Waals surface area (Å²) in [6, 6.07) is 4.70. The molecule has 0 saturated carbocycles. The first-order valence-electron chi connectivity index (χ1n) is 7.81. The third-order valence-corrected chi connectivity index (χ3v) is 5.78. The van der Waals surface area contributed by atoms with Crippen LogP contribution >= 0.6 is 12.2 Å².